The van der Waals surface area contributed by atoms with E-state index in [-0.39, 0.29) is 5.60 Å². The van der Waals surface area contributed by atoms with E-state index in [4.69, 9.17) is 4.74 Å². The SMILES string of the molecule is CC1(C)CCC(OC2(CNC3CC3)CCCCCC2)CC1. The van der Waals surface area contributed by atoms with Crippen LogP contribution in [0.1, 0.15) is 90.9 Å². The summed E-state index contributed by atoms with van der Waals surface area (Å²) < 4.78 is 6.81. The second-order valence-electron chi connectivity index (χ2n) is 8.73. The number of nitrogens with one attached hydrogen (secondary N) is 1. The molecule has 0 radical (unpaired) electrons. The maximum absolute atomic E-state index is 6.81. The molecule has 0 aliphatic heterocycles. The Labute approximate surface area is 131 Å². The van der Waals surface area contributed by atoms with Gasteiger partial charge in [0.05, 0.1) is 11.7 Å². The molecule has 3 saturated carbocycles. The highest BCUT2D eigenvalue weighted by atomic mass is 16.5. The largest absolute Gasteiger partial charge is 0.370 e. The number of ether oxygens (including phenoxy) is 1. The van der Waals surface area contributed by atoms with Crippen molar-refractivity contribution in [2.75, 3.05) is 6.54 Å². The van der Waals surface area contributed by atoms with Crippen LogP contribution in [0.25, 0.3) is 0 Å². The second kappa shape index (κ2) is 6.58. The van der Waals surface area contributed by atoms with Gasteiger partial charge in [-0.15, -0.1) is 0 Å². The first kappa shape index (κ1) is 15.8. The van der Waals surface area contributed by atoms with Gasteiger partial charge in [0.15, 0.2) is 0 Å². The molecule has 2 heteroatoms. The van der Waals surface area contributed by atoms with Crippen LogP contribution in [0.3, 0.4) is 0 Å². The summed E-state index contributed by atoms with van der Waals surface area (Å²) in [5.41, 5.74) is 0.702. The molecule has 1 N–H and O–H groups in total. The Hall–Kier alpha value is -0.0800. The quantitative estimate of drug-likeness (QED) is 0.734. The van der Waals surface area contributed by atoms with Crippen molar-refractivity contribution in [3.8, 4) is 0 Å². The molecule has 0 unspecified atom stereocenters. The van der Waals surface area contributed by atoms with Crippen LogP contribution in [-0.4, -0.2) is 24.3 Å². The van der Waals surface area contributed by atoms with Gasteiger partial charge in [0.25, 0.3) is 0 Å². The molecular formula is C19H35NO. The van der Waals surface area contributed by atoms with Crippen molar-refractivity contribution in [3.05, 3.63) is 0 Å². The first-order chi connectivity index (χ1) is 10.1. The Kier molecular flexibility index (Phi) is 4.95. The molecule has 0 aromatic heterocycles. The Morgan fingerprint density at radius 3 is 2.05 bits per heavy atom. The minimum atomic E-state index is 0.158. The molecule has 0 aromatic rings. The summed E-state index contributed by atoms with van der Waals surface area (Å²) in [4.78, 5) is 0. The van der Waals surface area contributed by atoms with Crippen molar-refractivity contribution in [1.82, 2.24) is 5.32 Å². The average Bonchev–Trinajstić information content (AvgIpc) is 3.27. The van der Waals surface area contributed by atoms with E-state index in [0.717, 1.165) is 12.6 Å². The van der Waals surface area contributed by atoms with E-state index in [1.807, 2.05) is 0 Å². The molecule has 3 fully saturated rings. The summed E-state index contributed by atoms with van der Waals surface area (Å²) in [7, 11) is 0. The van der Waals surface area contributed by atoms with E-state index in [9.17, 15) is 0 Å². The lowest BCUT2D eigenvalue weighted by molar-refractivity contribution is -0.120. The topological polar surface area (TPSA) is 21.3 Å². The van der Waals surface area contributed by atoms with E-state index >= 15 is 0 Å². The summed E-state index contributed by atoms with van der Waals surface area (Å²) >= 11 is 0. The lowest BCUT2D eigenvalue weighted by atomic mass is 9.76. The summed E-state index contributed by atoms with van der Waals surface area (Å²) in [6.07, 6.45) is 16.6. The first-order valence-corrected chi connectivity index (χ1v) is 9.48. The van der Waals surface area contributed by atoms with Crippen LogP contribution in [-0.2, 0) is 4.74 Å². The monoisotopic (exact) mass is 293 g/mol. The third-order valence-electron chi connectivity index (χ3n) is 6.01. The van der Waals surface area contributed by atoms with Crippen molar-refractivity contribution < 1.29 is 4.74 Å². The lowest BCUT2D eigenvalue weighted by Crippen LogP contribution is -2.46. The predicted octanol–water partition coefficient (Wildman–Crippen LogP) is 4.82. The van der Waals surface area contributed by atoms with E-state index in [0.29, 0.717) is 11.5 Å². The molecule has 0 saturated heterocycles. The maximum atomic E-state index is 6.81. The van der Waals surface area contributed by atoms with Gasteiger partial charge in [-0.2, -0.15) is 0 Å². The number of hydrogen-bond acceptors (Lipinski definition) is 2. The van der Waals surface area contributed by atoms with Gasteiger partial charge in [-0.1, -0.05) is 39.5 Å². The van der Waals surface area contributed by atoms with Gasteiger partial charge in [-0.25, -0.2) is 0 Å². The molecule has 3 rings (SSSR count). The van der Waals surface area contributed by atoms with Crippen LogP contribution < -0.4 is 5.32 Å². The highest BCUT2D eigenvalue weighted by Crippen LogP contribution is 2.40. The molecule has 3 aliphatic carbocycles. The number of hydrogen-bond donors (Lipinski definition) is 1. The second-order valence-corrected chi connectivity index (χ2v) is 8.73. The molecule has 21 heavy (non-hydrogen) atoms. The smallest absolute Gasteiger partial charge is 0.0810 e. The van der Waals surface area contributed by atoms with E-state index in [1.165, 1.54) is 77.0 Å². The highest BCUT2D eigenvalue weighted by Gasteiger charge is 2.38. The van der Waals surface area contributed by atoms with Crippen molar-refractivity contribution in [1.29, 1.82) is 0 Å². The Morgan fingerprint density at radius 2 is 1.48 bits per heavy atom. The fraction of sp³-hybridized carbons (Fsp3) is 1.00. The fourth-order valence-electron chi connectivity index (χ4n) is 4.17. The Bertz CT molecular complexity index is 316. The summed E-state index contributed by atoms with van der Waals surface area (Å²) in [5.74, 6) is 0. The van der Waals surface area contributed by atoms with Crippen LogP contribution >= 0.6 is 0 Å². The summed E-state index contributed by atoms with van der Waals surface area (Å²) in [5, 5.41) is 3.78. The molecule has 0 atom stereocenters. The summed E-state index contributed by atoms with van der Waals surface area (Å²) in [6, 6.07) is 0.805. The molecule has 0 spiro atoms. The van der Waals surface area contributed by atoms with E-state index < -0.39 is 0 Å². The average molecular weight is 293 g/mol. The molecular weight excluding hydrogens is 258 g/mol. The van der Waals surface area contributed by atoms with Crippen molar-refractivity contribution in [3.63, 3.8) is 0 Å². The van der Waals surface area contributed by atoms with E-state index in [1.54, 1.807) is 0 Å². The minimum Gasteiger partial charge on any atom is -0.370 e. The normalized spacial score (nSPS) is 30.0. The third-order valence-corrected chi connectivity index (χ3v) is 6.01. The molecule has 0 aromatic carbocycles. The third kappa shape index (κ3) is 4.69. The van der Waals surface area contributed by atoms with Gasteiger partial charge in [-0.3, -0.25) is 0 Å². The molecule has 122 valence electrons. The van der Waals surface area contributed by atoms with E-state index in [2.05, 4.69) is 19.2 Å². The molecule has 0 amide bonds. The van der Waals surface area contributed by atoms with Crippen LogP contribution in [0.15, 0.2) is 0 Å². The van der Waals surface area contributed by atoms with Crippen LogP contribution in [0.4, 0.5) is 0 Å². The zero-order valence-electron chi connectivity index (χ0n) is 14.3. The molecule has 3 aliphatic rings. The van der Waals surface area contributed by atoms with Gasteiger partial charge in [0.1, 0.15) is 0 Å². The fourth-order valence-corrected chi connectivity index (χ4v) is 4.17. The van der Waals surface area contributed by atoms with Gasteiger partial charge >= 0.3 is 0 Å². The Balaban J connectivity index is 1.57. The van der Waals surface area contributed by atoms with Crippen LogP contribution in [0.5, 0.6) is 0 Å². The maximum Gasteiger partial charge on any atom is 0.0810 e. The standard InChI is InChI=1S/C19H35NO/c1-18(2)13-9-17(10-14-18)21-19(15-20-16-7-8-16)11-5-3-4-6-12-19/h16-17,20H,3-15H2,1-2H3. The molecule has 0 bridgehead atoms. The van der Waals surface area contributed by atoms with Gasteiger partial charge < -0.3 is 10.1 Å². The van der Waals surface area contributed by atoms with Gasteiger partial charge in [-0.05, 0) is 56.8 Å². The minimum absolute atomic E-state index is 0.158. The lowest BCUT2D eigenvalue weighted by Gasteiger charge is -2.41. The Morgan fingerprint density at radius 1 is 0.857 bits per heavy atom. The number of rotatable bonds is 5. The molecule has 2 nitrogen and oxygen atoms in total. The van der Waals surface area contributed by atoms with Crippen LogP contribution in [0.2, 0.25) is 0 Å². The first-order valence-electron chi connectivity index (χ1n) is 9.48. The summed E-state index contributed by atoms with van der Waals surface area (Å²) in [6.45, 7) is 5.94. The van der Waals surface area contributed by atoms with Crippen molar-refractivity contribution in [2.45, 2.75) is 109 Å². The van der Waals surface area contributed by atoms with Crippen molar-refractivity contribution >= 4 is 0 Å². The van der Waals surface area contributed by atoms with Gasteiger partial charge in [0, 0.05) is 12.6 Å². The highest BCUT2D eigenvalue weighted by molar-refractivity contribution is 4.92. The van der Waals surface area contributed by atoms with Crippen LogP contribution in [0, 0.1) is 5.41 Å². The molecule has 0 heterocycles. The van der Waals surface area contributed by atoms with Crippen molar-refractivity contribution in [2.24, 2.45) is 5.41 Å². The zero-order valence-corrected chi connectivity index (χ0v) is 14.3. The predicted molar refractivity (Wildman–Crippen MR) is 88.6 cm³/mol. The zero-order chi connectivity index (χ0) is 14.8. The van der Waals surface area contributed by atoms with Gasteiger partial charge in [0.2, 0.25) is 0 Å².